The number of hydrogen-bond donors (Lipinski definition) is 0. The molecule has 0 radical (unpaired) electrons. The lowest BCUT2D eigenvalue weighted by molar-refractivity contribution is -0.105. The second kappa shape index (κ2) is 4.04. The fourth-order valence-electron chi connectivity index (χ4n) is 2.30. The van der Waals surface area contributed by atoms with E-state index < -0.39 is 0 Å². The minimum absolute atomic E-state index is 0.643. The normalized spacial score (nSPS) is 17.8. The van der Waals surface area contributed by atoms with Crippen molar-refractivity contribution in [1.82, 2.24) is 0 Å². The highest BCUT2D eigenvalue weighted by atomic mass is 35.5. The van der Waals surface area contributed by atoms with Gasteiger partial charge in [-0.05, 0) is 43.0 Å². The predicted molar refractivity (Wildman–Crippen MR) is 67.0 cm³/mol. The van der Waals surface area contributed by atoms with E-state index in [-0.39, 0.29) is 0 Å². The van der Waals surface area contributed by atoms with Gasteiger partial charge < -0.3 is 4.74 Å². The van der Waals surface area contributed by atoms with Gasteiger partial charge in [0.2, 0.25) is 0 Å². The molecule has 0 bridgehead atoms. The Morgan fingerprint density at radius 1 is 1.29 bits per heavy atom. The maximum atomic E-state index is 11.0. The summed E-state index contributed by atoms with van der Waals surface area (Å²) in [5, 5.41) is 0.643. The molecule has 0 aromatic heterocycles. The van der Waals surface area contributed by atoms with E-state index in [2.05, 4.69) is 6.08 Å². The van der Waals surface area contributed by atoms with Gasteiger partial charge in [0, 0.05) is 22.2 Å². The Hall–Kier alpha value is -1.54. The smallest absolute Gasteiger partial charge is 0.149 e. The molecule has 86 valence electrons. The molecule has 0 atom stereocenters. The number of aldehydes is 1. The van der Waals surface area contributed by atoms with Crippen molar-refractivity contribution in [3.05, 3.63) is 45.7 Å². The quantitative estimate of drug-likeness (QED) is 0.706. The first-order valence-electron chi connectivity index (χ1n) is 5.64. The van der Waals surface area contributed by atoms with Crippen LogP contribution in [0, 0.1) is 0 Å². The van der Waals surface area contributed by atoms with Crippen LogP contribution < -0.4 is 4.74 Å². The lowest BCUT2D eigenvalue weighted by Crippen LogP contribution is -2.13. The van der Waals surface area contributed by atoms with Crippen LogP contribution in [0.2, 0.25) is 5.02 Å². The molecule has 2 aliphatic rings. The molecule has 0 amide bonds. The number of rotatable bonds is 1. The van der Waals surface area contributed by atoms with E-state index in [1.165, 1.54) is 0 Å². The van der Waals surface area contributed by atoms with E-state index in [1.807, 2.05) is 12.1 Å². The molecule has 1 aliphatic carbocycles. The predicted octanol–water partition coefficient (Wildman–Crippen LogP) is 3.75. The van der Waals surface area contributed by atoms with Crippen molar-refractivity contribution < 1.29 is 9.53 Å². The van der Waals surface area contributed by atoms with Crippen LogP contribution in [0.4, 0.5) is 0 Å². The highest BCUT2D eigenvalue weighted by molar-refractivity contribution is 6.30. The van der Waals surface area contributed by atoms with Gasteiger partial charge in [0.1, 0.15) is 17.8 Å². The van der Waals surface area contributed by atoms with Gasteiger partial charge in [-0.2, -0.15) is 0 Å². The Labute approximate surface area is 105 Å². The number of benzene rings is 1. The molecule has 0 spiro atoms. The van der Waals surface area contributed by atoms with Gasteiger partial charge in [-0.3, -0.25) is 4.79 Å². The SMILES string of the molecule is O=CC1=C2Oc3cc(Cl)ccc3C=C2CCC1. The second-order valence-electron chi connectivity index (χ2n) is 4.28. The van der Waals surface area contributed by atoms with Gasteiger partial charge >= 0.3 is 0 Å². The van der Waals surface area contributed by atoms with Gasteiger partial charge in [0.25, 0.3) is 0 Å². The van der Waals surface area contributed by atoms with E-state index in [1.54, 1.807) is 6.07 Å². The fourth-order valence-corrected chi connectivity index (χ4v) is 2.46. The summed E-state index contributed by atoms with van der Waals surface area (Å²) in [7, 11) is 0. The van der Waals surface area contributed by atoms with Crippen LogP contribution in [0.15, 0.2) is 35.1 Å². The summed E-state index contributed by atoms with van der Waals surface area (Å²) in [5.41, 5.74) is 2.90. The standard InChI is InChI=1S/C14H11ClO2/c15-12-5-4-9-6-10-2-1-3-11(8-16)14(10)17-13(9)7-12/h4-8H,1-3H2. The Morgan fingerprint density at radius 3 is 3.00 bits per heavy atom. The maximum Gasteiger partial charge on any atom is 0.149 e. The largest absolute Gasteiger partial charge is 0.456 e. The molecule has 3 heteroatoms. The molecule has 1 aliphatic heterocycles. The Morgan fingerprint density at radius 2 is 2.18 bits per heavy atom. The number of allylic oxidation sites excluding steroid dienone is 2. The minimum Gasteiger partial charge on any atom is -0.456 e. The molecule has 17 heavy (non-hydrogen) atoms. The fraction of sp³-hybridized carbons (Fsp3) is 0.214. The first-order chi connectivity index (χ1) is 8.28. The van der Waals surface area contributed by atoms with Crippen molar-refractivity contribution in [3.8, 4) is 5.75 Å². The minimum atomic E-state index is 0.643. The molecular formula is C14H11ClO2. The summed E-state index contributed by atoms with van der Waals surface area (Å²) >= 11 is 5.94. The van der Waals surface area contributed by atoms with Gasteiger partial charge in [0.05, 0.1) is 0 Å². The van der Waals surface area contributed by atoms with Gasteiger partial charge in [-0.1, -0.05) is 11.6 Å². The van der Waals surface area contributed by atoms with Crippen molar-refractivity contribution in [2.45, 2.75) is 19.3 Å². The number of halogens is 1. The average molecular weight is 247 g/mol. The second-order valence-corrected chi connectivity index (χ2v) is 4.72. The molecule has 1 aromatic rings. The summed E-state index contributed by atoms with van der Waals surface area (Å²) in [4.78, 5) is 11.0. The third-order valence-electron chi connectivity index (χ3n) is 3.14. The van der Waals surface area contributed by atoms with Crippen LogP contribution >= 0.6 is 11.6 Å². The Bertz CT molecular complexity index is 555. The van der Waals surface area contributed by atoms with E-state index >= 15 is 0 Å². The van der Waals surface area contributed by atoms with Crippen LogP contribution in [0.3, 0.4) is 0 Å². The van der Waals surface area contributed by atoms with Crippen molar-refractivity contribution in [1.29, 1.82) is 0 Å². The summed E-state index contributed by atoms with van der Waals surface area (Å²) in [6.07, 6.45) is 5.77. The zero-order valence-corrected chi connectivity index (χ0v) is 9.96. The maximum absolute atomic E-state index is 11.0. The lowest BCUT2D eigenvalue weighted by Gasteiger charge is -2.25. The number of hydrogen-bond acceptors (Lipinski definition) is 2. The van der Waals surface area contributed by atoms with E-state index in [0.29, 0.717) is 5.02 Å². The molecule has 2 nitrogen and oxygen atoms in total. The zero-order valence-electron chi connectivity index (χ0n) is 9.20. The molecule has 0 N–H and O–H groups in total. The summed E-state index contributed by atoms with van der Waals surface area (Å²) < 4.78 is 5.82. The van der Waals surface area contributed by atoms with Gasteiger partial charge in [-0.15, -0.1) is 0 Å². The monoisotopic (exact) mass is 246 g/mol. The number of fused-ring (bicyclic) bond motifs is 2. The lowest BCUT2D eigenvalue weighted by atomic mass is 9.91. The topological polar surface area (TPSA) is 26.3 Å². The number of carbonyl (C=O) groups excluding carboxylic acids is 1. The molecule has 1 aromatic carbocycles. The van der Waals surface area contributed by atoms with Crippen molar-refractivity contribution >= 4 is 24.0 Å². The van der Waals surface area contributed by atoms with Crippen LogP contribution in [-0.2, 0) is 4.79 Å². The highest BCUT2D eigenvalue weighted by Crippen LogP contribution is 2.39. The third-order valence-corrected chi connectivity index (χ3v) is 3.37. The van der Waals surface area contributed by atoms with Crippen LogP contribution in [0.5, 0.6) is 5.75 Å². The first-order valence-corrected chi connectivity index (χ1v) is 6.02. The third kappa shape index (κ3) is 1.79. The number of ether oxygens (including phenoxy) is 1. The molecule has 3 rings (SSSR count). The van der Waals surface area contributed by atoms with Crippen LogP contribution in [-0.4, -0.2) is 6.29 Å². The van der Waals surface area contributed by atoms with Gasteiger partial charge in [0.15, 0.2) is 0 Å². The van der Waals surface area contributed by atoms with Crippen molar-refractivity contribution in [3.63, 3.8) is 0 Å². The summed E-state index contributed by atoms with van der Waals surface area (Å²) in [6, 6.07) is 5.57. The van der Waals surface area contributed by atoms with Crippen LogP contribution in [0.1, 0.15) is 24.8 Å². The molecule has 1 heterocycles. The average Bonchev–Trinajstić information content (AvgIpc) is 2.35. The van der Waals surface area contributed by atoms with Crippen LogP contribution in [0.25, 0.3) is 6.08 Å². The first kappa shape index (κ1) is 10.6. The molecule has 0 saturated carbocycles. The summed E-state index contributed by atoms with van der Waals surface area (Å²) in [5.74, 6) is 1.47. The molecule has 0 saturated heterocycles. The molecule has 0 fully saturated rings. The number of carbonyl (C=O) groups is 1. The van der Waals surface area contributed by atoms with E-state index in [0.717, 1.165) is 53.8 Å². The highest BCUT2D eigenvalue weighted by Gasteiger charge is 2.23. The van der Waals surface area contributed by atoms with Crippen molar-refractivity contribution in [2.75, 3.05) is 0 Å². The summed E-state index contributed by atoms with van der Waals surface area (Å²) in [6.45, 7) is 0. The Kier molecular flexibility index (Phi) is 2.52. The van der Waals surface area contributed by atoms with Crippen molar-refractivity contribution in [2.24, 2.45) is 0 Å². The van der Waals surface area contributed by atoms with E-state index in [9.17, 15) is 4.79 Å². The Balaban J connectivity index is 2.15. The van der Waals surface area contributed by atoms with E-state index in [4.69, 9.17) is 16.3 Å². The molecular weight excluding hydrogens is 236 g/mol. The molecule has 0 unspecified atom stereocenters. The van der Waals surface area contributed by atoms with Gasteiger partial charge in [-0.25, -0.2) is 0 Å². The zero-order chi connectivity index (χ0) is 11.8.